The molecule has 2 atom stereocenters. The molecule has 2 rings (SSSR count). The summed E-state index contributed by atoms with van der Waals surface area (Å²) in [7, 11) is 0. The Morgan fingerprint density at radius 1 is 1.29 bits per heavy atom. The third kappa shape index (κ3) is 4.05. The quantitative estimate of drug-likeness (QED) is 0.891. The monoisotopic (exact) mass is 299 g/mol. The number of nitrogens with one attached hydrogen (secondary N) is 1. The Kier molecular flexibility index (Phi) is 4.64. The maximum atomic E-state index is 12.2. The number of halogens is 3. The summed E-state index contributed by atoms with van der Waals surface area (Å²) in [4.78, 5) is 3.94. The van der Waals surface area contributed by atoms with Gasteiger partial charge in [0.2, 0.25) is 0 Å². The minimum atomic E-state index is -4.60. The van der Waals surface area contributed by atoms with E-state index >= 15 is 0 Å². The van der Waals surface area contributed by atoms with E-state index < -0.39 is 18.8 Å². The number of rotatable bonds is 5. The molecule has 7 heteroatoms. The Morgan fingerprint density at radius 2 is 1.95 bits per heavy atom. The number of imidazole rings is 1. The summed E-state index contributed by atoms with van der Waals surface area (Å²) < 4.78 is 38.5. The molecule has 0 bridgehead atoms. The zero-order valence-corrected chi connectivity index (χ0v) is 11.4. The molecule has 114 valence electrons. The zero-order valence-electron chi connectivity index (χ0n) is 11.4. The first-order valence-electron chi connectivity index (χ1n) is 6.44. The lowest BCUT2D eigenvalue weighted by Gasteiger charge is -2.19. The van der Waals surface area contributed by atoms with E-state index in [0.717, 1.165) is 11.3 Å². The summed E-state index contributed by atoms with van der Waals surface area (Å²) in [5.74, 6) is 0. The average molecular weight is 299 g/mol. The van der Waals surface area contributed by atoms with Crippen molar-refractivity contribution in [1.29, 1.82) is 0 Å². The van der Waals surface area contributed by atoms with E-state index in [4.69, 9.17) is 5.11 Å². The molecule has 0 aliphatic carbocycles. The van der Waals surface area contributed by atoms with Crippen LogP contribution in [0.2, 0.25) is 0 Å². The molecule has 0 saturated heterocycles. The van der Waals surface area contributed by atoms with Crippen LogP contribution >= 0.6 is 0 Å². The van der Waals surface area contributed by atoms with Crippen molar-refractivity contribution >= 4 is 0 Å². The van der Waals surface area contributed by atoms with Crippen LogP contribution in [-0.2, 0) is 0 Å². The molecule has 0 aliphatic rings. The molecular weight excluding hydrogens is 283 g/mol. The highest BCUT2D eigenvalue weighted by Gasteiger charge is 2.37. The Bertz CT molecular complexity index is 552. The van der Waals surface area contributed by atoms with Gasteiger partial charge in [0.25, 0.3) is 0 Å². The number of benzene rings is 1. The zero-order chi connectivity index (χ0) is 15.5. The second-order valence-electron chi connectivity index (χ2n) is 4.75. The lowest BCUT2D eigenvalue weighted by Crippen LogP contribution is -2.39. The van der Waals surface area contributed by atoms with Crippen LogP contribution in [0.25, 0.3) is 5.69 Å². The minimum absolute atomic E-state index is 0.293. The first kappa shape index (κ1) is 15.5. The van der Waals surface area contributed by atoms with Crippen LogP contribution in [0.15, 0.2) is 43.0 Å². The van der Waals surface area contributed by atoms with E-state index in [0.29, 0.717) is 0 Å². The summed E-state index contributed by atoms with van der Waals surface area (Å²) in [5, 5.41) is 11.6. The summed E-state index contributed by atoms with van der Waals surface area (Å²) in [6, 6.07) is 7.07. The van der Waals surface area contributed by atoms with Gasteiger partial charge in [-0.3, -0.25) is 0 Å². The fourth-order valence-electron chi connectivity index (χ4n) is 1.87. The van der Waals surface area contributed by atoms with Crippen molar-refractivity contribution in [1.82, 2.24) is 14.9 Å². The van der Waals surface area contributed by atoms with Gasteiger partial charge in [-0.05, 0) is 24.6 Å². The van der Waals surface area contributed by atoms with Crippen molar-refractivity contribution in [2.75, 3.05) is 6.54 Å². The van der Waals surface area contributed by atoms with E-state index in [1.54, 1.807) is 25.6 Å². The normalized spacial score (nSPS) is 14.9. The Morgan fingerprint density at radius 3 is 2.48 bits per heavy atom. The van der Waals surface area contributed by atoms with Crippen molar-refractivity contribution in [2.24, 2.45) is 0 Å². The molecule has 0 fully saturated rings. The SMILES string of the molecule is CC(NCC(O)C(F)(F)F)c1ccc(-n2ccnc2)cc1. The van der Waals surface area contributed by atoms with Crippen molar-refractivity contribution in [2.45, 2.75) is 25.2 Å². The number of hydrogen-bond acceptors (Lipinski definition) is 3. The van der Waals surface area contributed by atoms with Crippen LogP contribution in [0.5, 0.6) is 0 Å². The Balaban J connectivity index is 1.96. The van der Waals surface area contributed by atoms with Crippen LogP contribution in [0.3, 0.4) is 0 Å². The number of hydrogen-bond donors (Lipinski definition) is 2. The number of aliphatic hydroxyl groups excluding tert-OH is 1. The smallest absolute Gasteiger partial charge is 0.382 e. The molecule has 21 heavy (non-hydrogen) atoms. The highest BCUT2D eigenvalue weighted by molar-refractivity contribution is 5.35. The first-order chi connectivity index (χ1) is 9.88. The number of aliphatic hydroxyl groups is 1. The van der Waals surface area contributed by atoms with E-state index in [2.05, 4.69) is 10.3 Å². The Labute approximate surface area is 120 Å². The first-order valence-corrected chi connectivity index (χ1v) is 6.44. The van der Waals surface area contributed by atoms with Crippen molar-refractivity contribution in [3.8, 4) is 5.69 Å². The van der Waals surface area contributed by atoms with E-state index in [9.17, 15) is 13.2 Å². The van der Waals surface area contributed by atoms with Gasteiger partial charge in [-0.1, -0.05) is 12.1 Å². The number of alkyl halides is 3. The Hall–Kier alpha value is -1.86. The summed E-state index contributed by atoms with van der Waals surface area (Å²) in [5.41, 5.74) is 1.76. The van der Waals surface area contributed by atoms with Crippen molar-refractivity contribution < 1.29 is 18.3 Å². The van der Waals surface area contributed by atoms with Crippen LogP contribution in [0, 0.1) is 0 Å². The number of nitrogens with zero attached hydrogens (tertiary/aromatic N) is 2. The lowest BCUT2D eigenvalue weighted by molar-refractivity contribution is -0.202. The van der Waals surface area contributed by atoms with E-state index in [1.807, 2.05) is 28.8 Å². The molecule has 0 amide bonds. The van der Waals surface area contributed by atoms with Gasteiger partial charge in [-0.15, -0.1) is 0 Å². The largest absolute Gasteiger partial charge is 0.415 e. The van der Waals surface area contributed by atoms with Crippen molar-refractivity contribution in [3.63, 3.8) is 0 Å². The molecule has 0 radical (unpaired) electrons. The van der Waals surface area contributed by atoms with Crippen LogP contribution in [0.4, 0.5) is 13.2 Å². The van der Waals surface area contributed by atoms with E-state index in [-0.39, 0.29) is 6.04 Å². The molecule has 0 aliphatic heterocycles. The van der Waals surface area contributed by atoms with E-state index in [1.165, 1.54) is 0 Å². The van der Waals surface area contributed by atoms with Gasteiger partial charge in [-0.25, -0.2) is 4.98 Å². The molecule has 2 unspecified atom stereocenters. The maximum Gasteiger partial charge on any atom is 0.415 e. The molecule has 2 N–H and O–H groups in total. The second-order valence-corrected chi connectivity index (χ2v) is 4.75. The molecule has 1 heterocycles. The fourth-order valence-corrected chi connectivity index (χ4v) is 1.87. The predicted octanol–water partition coefficient (Wildman–Crippen LogP) is 2.45. The minimum Gasteiger partial charge on any atom is -0.382 e. The fraction of sp³-hybridized carbons (Fsp3) is 0.357. The topological polar surface area (TPSA) is 50.1 Å². The highest BCUT2D eigenvalue weighted by Crippen LogP contribution is 2.21. The molecule has 1 aromatic carbocycles. The third-order valence-corrected chi connectivity index (χ3v) is 3.19. The summed E-state index contributed by atoms with van der Waals surface area (Å²) in [6.45, 7) is 1.21. The molecule has 2 aromatic rings. The van der Waals surface area contributed by atoms with Gasteiger partial charge in [0.15, 0.2) is 6.10 Å². The van der Waals surface area contributed by atoms with Crippen LogP contribution in [-0.4, -0.2) is 33.5 Å². The molecule has 0 spiro atoms. The second kappa shape index (κ2) is 6.28. The standard InChI is InChI=1S/C14H16F3N3O/c1-10(19-8-13(21)14(15,16)17)11-2-4-12(5-3-11)20-7-6-18-9-20/h2-7,9-10,13,19,21H,8H2,1H3. The van der Waals surface area contributed by atoms with Gasteiger partial charge < -0.3 is 15.0 Å². The summed E-state index contributed by atoms with van der Waals surface area (Å²) in [6.07, 6.45) is -1.83. The van der Waals surface area contributed by atoms with Crippen molar-refractivity contribution in [3.05, 3.63) is 48.5 Å². The van der Waals surface area contributed by atoms with Gasteiger partial charge in [0, 0.05) is 30.7 Å². The number of aromatic nitrogens is 2. The van der Waals surface area contributed by atoms with Crippen LogP contribution < -0.4 is 5.32 Å². The van der Waals surface area contributed by atoms with Gasteiger partial charge in [0.05, 0.1) is 6.33 Å². The molecular formula is C14H16F3N3O. The highest BCUT2D eigenvalue weighted by atomic mass is 19.4. The molecule has 0 saturated carbocycles. The molecule has 4 nitrogen and oxygen atoms in total. The third-order valence-electron chi connectivity index (χ3n) is 3.19. The maximum absolute atomic E-state index is 12.2. The van der Waals surface area contributed by atoms with Crippen LogP contribution in [0.1, 0.15) is 18.5 Å². The van der Waals surface area contributed by atoms with Gasteiger partial charge in [0.1, 0.15) is 0 Å². The average Bonchev–Trinajstić information content (AvgIpc) is 2.97. The lowest BCUT2D eigenvalue weighted by atomic mass is 10.1. The van der Waals surface area contributed by atoms with Gasteiger partial charge >= 0.3 is 6.18 Å². The van der Waals surface area contributed by atoms with Gasteiger partial charge in [-0.2, -0.15) is 13.2 Å². The predicted molar refractivity (Wildman–Crippen MR) is 72.0 cm³/mol. The molecule has 1 aromatic heterocycles. The summed E-state index contributed by atoms with van der Waals surface area (Å²) >= 11 is 0.